The lowest BCUT2D eigenvalue weighted by Gasteiger charge is -2.10. The smallest absolute Gasteiger partial charge is 0.123 e. The van der Waals surface area contributed by atoms with Crippen molar-refractivity contribution in [3.63, 3.8) is 0 Å². The fraction of sp³-hybridized carbons (Fsp3) is 0.200. The van der Waals surface area contributed by atoms with Crippen LogP contribution in [0.25, 0.3) is 0 Å². The summed E-state index contributed by atoms with van der Waals surface area (Å²) < 4.78 is 13.0. The Hall–Kier alpha value is -2.03. The third-order valence-corrected chi connectivity index (χ3v) is 2.98. The number of aromatic hydroxyl groups is 1. The molecule has 0 aliphatic heterocycles. The Morgan fingerprint density at radius 2 is 1.83 bits per heavy atom. The highest BCUT2D eigenvalue weighted by Gasteiger charge is 2.01. The number of benzene rings is 2. The molecule has 0 radical (unpaired) electrons. The molecule has 3 heteroatoms. The zero-order valence-electron chi connectivity index (χ0n) is 10.5. The second-order valence-electron chi connectivity index (χ2n) is 4.43. The number of hydrogen-bond donors (Lipinski definition) is 2. The predicted molar refractivity (Wildman–Crippen MR) is 71.3 cm³/mol. The van der Waals surface area contributed by atoms with Crippen LogP contribution in [-0.4, -0.2) is 5.11 Å². The van der Waals surface area contributed by atoms with Crippen LogP contribution >= 0.6 is 0 Å². The van der Waals surface area contributed by atoms with Crippen LogP contribution in [0.15, 0.2) is 36.4 Å². The van der Waals surface area contributed by atoms with Crippen molar-refractivity contribution in [1.82, 2.24) is 0 Å². The molecule has 2 rings (SSSR count). The average molecular weight is 245 g/mol. The van der Waals surface area contributed by atoms with Gasteiger partial charge in [-0.15, -0.1) is 0 Å². The third-order valence-electron chi connectivity index (χ3n) is 2.98. The standard InChI is InChI=1S/C15H16FNO/c1-10-7-13(16)4-3-12(10)9-17-14-5-6-15(18)11(2)8-14/h3-8,17-18H,9H2,1-2H3. The van der Waals surface area contributed by atoms with Gasteiger partial charge < -0.3 is 10.4 Å². The first-order chi connectivity index (χ1) is 8.56. The van der Waals surface area contributed by atoms with Crippen LogP contribution in [0.5, 0.6) is 5.75 Å². The van der Waals surface area contributed by atoms with Crippen LogP contribution in [0.4, 0.5) is 10.1 Å². The molecule has 2 aromatic rings. The molecule has 94 valence electrons. The number of aryl methyl sites for hydroxylation is 2. The summed E-state index contributed by atoms with van der Waals surface area (Å²) in [6.45, 7) is 4.38. The van der Waals surface area contributed by atoms with Gasteiger partial charge in [0.25, 0.3) is 0 Å². The fourth-order valence-electron chi connectivity index (χ4n) is 1.82. The Morgan fingerprint density at radius 1 is 1.06 bits per heavy atom. The molecule has 0 heterocycles. The second kappa shape index (κ2) is 5.08. The third kappa shape index (κ3) is 2.80. The predicted octanol–water partition coefficient (Wildman–Crippen LogP) is 3.76. The van der Waals surface area contributed by atoms with Gasteiger partial charge in [0.05, 0.1) is 0 Å². The maximum Gasteiger partial charge on any atom is 0.123 e. The average Bonchev–Trinajstić information content (AvgIpc) is 2.32. The molecule has 2 nitrogen and oxygen atoms in total. The molecular weight excluding hydrogens is 229 g/mol. The number of hydrogen-bond acceptors (Lipinski definition) is 2. The zero-order valence-corrected chi connectivity index (χ0v) is 10.5. The number of halogens is 1. The van der Waals surface area contributed by atoms with E-state index in [1.807, 2.05) is 26.0 Å². The lowest BCUT2D eigenvalue weighted by molar-refractivity contribution is 0.471. The molecule has 2 aromatic carbocycles. The Bertz CT molecular complexity index is 566. The van der Waals surface area contributed by atoms with Crippen molar-refractivity contribution in [1.29, 1.82) is 0 Å². The van der Waals surface area contributed by atoms with Crippen molar-refractivity contribution in [2.24, 2.45) is 0 Å². The van der Waals surface area contributed by atoms with Gasteiger partial charge in [-0.2, -0.15) is 0 Å². The van der Waals surface area contributed by atoms with E-state index in [0.717, 1.165) is 22.4 Å². The highest BCUT2D eigenvalue weighted by atomic mass is 19.1. The molecule has 0 bridgehead atoms. The van der Waals surface area contributed by atoms with E-state index >= 15 is 0 Å². The molecule has 18 heavy (non-hydrogen) atoms. The molecular formula is C15H16FNO. The molecule has 0 amide bonds. The van der Waals surface area contributed by atoms with Crippen LogP contribution in [0.2, 0.25) is 0 Å². The quantitative estimate of drug-likeness (QED) is 0.807. The van der Waals surface area contributed by atoms with Crippen molar-refractivity contribution in [3.05, 3.63) is 58.9 Å². The number of phenolic OH excluding ortho intramolecular Hbond substituents is 1. The minimum atomic E-state index is -0.211. The van der Waals surface area contributed by atoms with E-state index in [-0.39, 0.29) is 5.82 Å². The molecule has 0 saturated heterocycles. The van der Waals surface area contributed by atoms with Crippen molar-refractivity contribution in [3.8, 4) is 5.75 Å². The lowest BCUT2D eigenvalue weighted by atomic mass is 10.1. The summed E-state index contributed by atoms with van der Waals surface area (Å²) in [5, 5.41) is 12.7. The van der Waals surface area contributed by atoms with Gasteiger partial charge in [0, 0.05) is 12.2 Å². The first kappa shape index (κ1) is 12.4. The molecule has 0 unspecified atom stereocenters. The van der Waals surface area contributed by atoms with Crippen LogP contribution in [0, 0.1) is 19.7 Å². The number of anilines is 1. The number of nitrogens with one attached hydrogen (secondary N) is 1. The van der Waals surface area contributed by atoms with Gasteiger partial charge >= 0.3 is 0 Å². The first-order valence-corrected chi connectivity index (χ1v) is 5.85. The Kier molecular flexibility index (Phi) is 3.51. The van der Waals surface area contributed by atoms with E-state index in [0.29, 0.717) is 12.3 Å². The number of phenols is 1. The Labute approximate surface area is 106 Å². The van der Waals surface area contributed by atoms with Crippen LogP contribution in [0.1, 0.15) is 16.7 Å². The van der Waals surface area contributed by atoms with Gasteiger partial charge in [0.1, 0.15) is 11.6 Å². The van der Waals surface area contributed by atoms with Gasteiger partial charge in [-0.25, -0.2) is 4.39 Å². The summed E-state index contributed by atoms with van der Waals surface area (Å²) in [6, 6.07) is 10.1. The summed E-state index contributed by atoms with van der Waals surface area (Å²) >= 11 is 0. The zero-order chi connectivity index (χ0) is 13.1. The van der Waals surface area contributed by atoms with Crippen molar-refractivity contribution in [2.45, 2.75) is 20.4 Å². The highest BCUT2D eigenvalue weighted by molar-refractivity contribution is 5.50. The molecule has 0 aliphatic rings. The monoisotopic (exact) mass is 245 g/mol. The number of rotatable bonds is 3. The van der Waals surface area contributed by atoms with Crippen molar-refractivity contribution in [2.75, 3.05) is 5.32 Å². The Morgan fingerprint density at radius 3 is 2.50 bits per heavy atom. The summed E-state index contributed by atoms with van der Waals surface area (Å²) in [4.78, 5) is 0. The first-order valence-electron chi connectivity index (χ1n) is 5.85. The maximum atomic E-state index is 13.0. The minimum absolute atomic E-state index is 0.211. The largest absolute Gasteiger partial charge is 0.508 e. The van der Waals surface area contributed by atoms with E-state index in [2.05, 4.69) is 5.32 Å². The van der Waals surface area contributed by atoms with Crippen molar-refractivity contribution >= 4 is 5.69 Å². The molecule has 0 aliphatic carbocycles. The van der Waals surface area contributed by atoms with Crippen LogP contribution in [-0.2, 0) is 6.54 Å². The summed E-state index contributed by atoms with van der Waals surface area (Å²) in [5.41, 5.74) is 3.75. The van der Waals surface area contributed by atoms with E-state index in [1.54, 1.807) is 12.1 Å². The molecule has 0 fully saturated rings. The second-order valence-corrected chi connectivity index (χ2v) is 4.43. The van der Waals surface area contributed by atoms with Gasteiger partial charge in [-0.1, -0.05) is 6.07 Å². The van der Waals surface area contributed by atoms with E-state index in [4.69, 9.17) is 0 Å². The molecule has 0 saturated carbocycles. The SMILES string of the molecule is Cc1cc(NCc2ccc(F)cc2C)ccc1O. The van der Waals surface area contributed by atoms with Gasteiger partial charge in [-0.3, -0.25) is 0 Å². The topological polar surface area (TPSA) is 32.3 Å². The highest BCUT2D eigenvalue weighted by Crippen LogP contribution is 2.21. The fourth-order valence-corrected chi connectivity index (χ4v) is 1.82. The summed E-state index contributed by atoms with van der Waals surface area (Å²) in [7, 11) is 0. The maximum absolute atomic E-state index is 13.0. The van der Waals surface area contributed by atoms with Crippen LogP contribution < -0.4 is 5.32 Å². The molecule has 0 atom stereocenters. The van der Waals surface area contributed by atoms with Crippen molar-refractivity contribution < 1.29 is 9.50 Å². The van der Waals surface area contributed by atoms with Gasteiger partial charge in [0.15, 0.2) is 0 Å². The molecule has 2 N–H and O–H groups in total. The van der Waals surface area contributed by atoms with Crippen LogP contribution in [0.3, 0.4) is 0 Å². The van der Waals surface area contributed by atoms with Gasteiger partial charge in [-0.05, 0) is 60.9 Å². The van der Waals surface area contributed by atoms with E-state index in [9.17, 15) is 9.50 Å². The van der Waals surface area contributed by atoms with E-state index < -0.39 is 0 Å². The van der Waals surface area contributed by atoms with Gasteiger partial charge in [0.2, 0.25) is 0 Å². The van der Waals surface area contributed by atoms with E-state index in [1.165, 1.54) is 12.1 Å². The molecule has 0 aromatic heterocycles. The summed E-state index contributed by atoms with van der Waals surface area (Å²) in [5.74, 6) is 0.0789. The summed E-state index contributed by atoms with van der Waals surface area (Å²) in [6.07, 6.45) is 0. The normalized spacial score (nSPS) is 10.4. The molecule has 0 spiro atoms. The minimum Gasteiger partial charge on any atom is -0.508 e. The Balaban J connectivity index is 2.09. The lowest BCUT2D eigenvalue weighted by Crippen LogP contribution is -2.01.